The summed E-state index contributed by atoms with van der Waals surface area (Å²) < 4.78 is 0. The molecular formula is C21H25N3O2. The number of H-pyrrole nitrogens is 1. The largest absolute Gasteiger partial charge is 0.395 e. The number of aromatic amines is 1. The van der Waals surface area contributed by atoms with Gasteiger partial charge in [-0.05, 0) is 17.5 Å². The molecule has 26 heavy (non-hydrogen) atoms. The molecule has 0 aliphatic carbocycles. The Balaban J connectivity index is 1.77. The fourth-order valence-corrected chi connectivity index (χ4v) is 3.12. The van der Waals surface area contributed by atoms with Crippen LogP contribution < -0.4 is 0 Å². The van der Waals surface area contributed by atoms with Crippen molar-refractivity contribution in [1.29, 1.82) is 0 Å². The van der Waals surface area contributed by atoms with Gasteiger partial charge in [-0.15, -0.1) is 0 Å². The summed E-state index contributed by atoms with van der Waals surface area (Å²) in [7, 11) is 0. The number of aliphatic hydroxyl groups excluding tert-OH is 2. The van der Waals surface area contributed by atoms with Gasteiger partial charge in [0.05, 0.1) is 30.9 Å². The van der Waals surface area contributed by atoms with E-state index < -0.39 is 6.10 Å². The second-order valence-electron chi connectivity index (χ2n) is 6.47. The highest BCUT2D eigenvalue weighted by Gasteiger charge is 2.23. The molecule has 0 aliphatic rings. The molecule has 0 saturated heterocycles. The molecule has 1 heterocycles. The van der Waals surface area contributed by atoms with Gasteiger partial charge in [0.15, 0.2) is 0 Å². The van der Waals surface area contributed by atoms with Crippen molar-refractivity contribution in [2.45, 2.75) is 31.7 Å². The minimum atomic E-state index is -0.691. The molecule has 3 N–H and O–H groups in total. The first-order valence-electron chi connectivity index (χ1n) is 8.85. The molecule has 2 aromatic carbocycles. The van der Waals surface area contributed by atoms with Crippen LogP contribution in [0.4, 0.5) is 0 Å². The number of nitrogens with zero attached hydrogens (tertiary/aromatic N) is 2. The van der Waals surface area contributed by atoms with E-state index in [9.17, 15) is 10.2 Å². The third kappa shape index (κ3) is 5.02. The molecule has 0 radical (unpaired) electrons. The maximum absolute atomic E-state index is 10.5. The average molecular weight is 351 g/mol. The van der Waals surface area contributed by atoms with Gasteiger partial charge in [0, 0.05) is 19.1 Å². The van der Waals surface area contributed by atoms with E-state index in [2.05, 4.69) is 39.1 Å². The summed E-state index contributed by atoms with van der Waals surface area (Å²) in [5.74, 6) is 0. The zero-order valence-electron chi connectivity index (χ0n) is 14.7. The smallest absolute Gasteiger partial charge is 0.0969 e. The zero-order valence-corrected chi connectivity index (χ0v) is 14.7. The predicted octanol–water partition coefficient (Wildman–Crippen LogP) is 2.90. The lowest BCUT2D eigenvalue weighted by molar-refractivity contribution is 0.0556. The zero-order chi connectivity index (χ0) is 18.2. The van der Waals surface area contributed by atoms with Crippen molar-refractivity contribution in [3.8, 4) is 0 Å². The summed E-state index contributed by atoms with van der Waals surface area (Å²) in [6, 6.07) is 20.2. The van der Waals surface area contributed by atoms with Gasteiger partial charge >= 0.3 is 0 Å². The van der Waals surface area contributed by atoms with Gasteiger partial charge in [0.25, 0.3) is 0 Å². The molecule has 2 atom stereocenters. The molecule has 0 saturated carbocycles. The van der Waals surface area contributed by atoms with Crippen LogP contribution in [0.25, 0.3) is 0 Å². The minimum absolute atomic E-state index is 0.0230. The molecule has 0 aliphatic heterocycles. The molecule has 3 rings (SSSR count). The molecular weight excluding hydrogens is 326 g/mol. The highest BCUT2D eigenvalue weighted by molar-refractivity contribution is 5.17. The number of aromatic nitrogens is 2. The van der Waals surface area contributed by atoms with Crippen LogP contribution in [0.5, 0.6) is 0 Å². The molecule has 0 spiro atoms. The average Bonchev–Trinajstić information content (AvgIpc) is 3.22. The van der Waals surface area contributed by atoms with E-state index in [0.717, 1.165) is 0 Å². The van der Waals surface area contributed by atoms with Crippen molar-refractivity contribution in [2.24, 2.45) is 0 Å². The Kier molecular flexibility index (Phi) is 6.55. The van der Waals surface area contributed by atoms with Crippen molar-refractivity contribution in [1.82, 2.24) is 14.9 Å². The molecule has 3 aromatic rings. The van der Waals surface area contributed by atoms with Crippen LogP contribution in [-0.2, 0) is 13.1 Å². The van der Waals surface area contributed by atoms with Crippen molar-refractivity contribution in [2.75, 3.05) is 6.61 Å². The lowest BCUT2D eigenvalue weighted by atomic mass is 10.0. The van der Waals surface area contributed by atoms with Crippen LogP contribution in [0.15, 0.2) is 73.2 Å². The van der Waals surface area contributed by atoms with E-state index in [1.54, 1.807) is 12.5 Å². The van der Waals surface area contributed by atoms with Gasteiger partial charge in [-0.3, -0.25) is 4.90 Å². The van der Waals surface area contributed by atoms with E-state index in [0.29, 0.717) is 25.2 Å². The SMILES string of the molecule is OC[C@H](C[C@H](O)c1cnc[nH]1)N(Cc1ccccc1)Cc1ccccc1. The van der Waals surface area contributed by atoms with Crippen LogP contribution in [0.3, 0.4) is 0 Å². The molecule has 0 amide bonds. The first-order chi connectivity index (χ1) is 12.8. The highest BCUT2D eigenvalue weighted by Crippen LogP contribution is 2.22. The summed E-state index contributed by atoms with van der Waals surface area (Å²) in [5.41, 5.74) is 3.03. The van der Waals surface area contributed by atoms with Gasteiger partial charge in [0.1, 0.15) is 0 Å². The summed E-state index contributed by atoms with van der Waals surface area (Å²) >= 11 is 0. The third-order valence-electron chi connectivity index (χ3n) is 4.56. The summed E-state index contributed by atoms with van der Waals surface area (Å²) in [6.45, 7) is 1.39. The molecule has 5 nitrogen and oxygen atoms in total. The molecule has 0 bridgehead atoms. The van der Waals surface area contributed by atoms with Crippen LogP contribution in [-0.4, -0.2) is 37.7 Å². The van der Waals surface area contributed by atoms with Crippen molar-refractivity contribution >= 4 is 0 Å². The summed E-state index contributed by atoms with van der Waals surface area (Å²) in [4.78, 5) is 9.12. The number of rotatable bonds is 9. The lowest BCUT2D eigenvalue weighted by Crippen LogP contribution is -2.38. The molecule has 136 valence electrons. The van der Waals surface area contributed by atoms with Crippen molar-refractivity contribution in [3.05, 3.63) is 90.0 Å². The van der Waals surface area contributed by atoms with Crippen LogP contribution in [0, 0.1) is 0 Å². The Labute approximate surface area is 154 Å². The van der Waals surface area contributed by atoms with E-state index in [1.165, 1.54) is 11.1 Å². The minimum Gasteiger partial charge on any atom is -0.395 e. The normalized spacial score (nSPS) is 13.7. The first-order valence-corrected chi connectivity index (χ1v) is 8.85. The number of hydrogen-bond acceptors (Lipinski definition) is 4. The van der Waals surface area contributed by atoms with Crippen LogP contribution in [0.1, 0.15) is 29.3 Å². The topological polar surface area (TPSA) is 72.4 Å². The summed E-state index contributed by atoms with van der Waals surface area (Å²) in [5, 5.41) is 20.5. The maximum atomic E-state index is 10.5. The van der Waals surface area contributed by atoms with Gasteiger partial charge in [-0.1, -0.05) is 60.7 Å². The number of aliphatic hydroxyl groups is 2. The molecule has 1 aromatic heterocycles. The van der Waals surface area contributed by atoms with Crippen LogP contribution in [0.2, 0.25) is 0 Å². The second kappa shape index (κ2) is 9.29. The number of nitrogens with one attached hydrogen (secondary N) is 1. The Morgan fingerprint density at radius 1 is 0.923 bits per heavy atom. The highest BCUT2D eigenvalue weighted by atomic mass is 16.3. The Morgan fingerprint density at radius 2 is 1.50 bits per heavy atom. The van der Waals surface area contributed by atoms with Gasteiger partial charge in [-0.25, -0.2) is 4.98 Å². The van der Waals surface area contributed by atoms with Crippen molar-refractivity contribution < 1.29 is 10.2 Å². The van der Waals surface area contributed by atoms with E-state index in [-0.39, 0.29) is 12.6 Å². The number of benzene rings is 2. The van der Waals surface area contributed by atoms with Gasteiger partial charge in [-0.2, -0.15) is 0 Å². The van der Waals surface area contributed by atoms with E-state index >= 15 is 0 Å². The standard InChI is InChI=1S/C21H25N3O2/c25-15-19(11-21(26)20-12-22-16-23-20)24(13-17-7-3-1-4-8-17)14-18-9-5-2-6-10-18/h1-10,12,16,19,21,25-26H,11,13-15H2,(H,22,23)/t19-,21-/m0/s1. The second-order valence-corrected chi connectivity index (χ2v) is 6.47. The number of imidazole rings is 1. The van der Waals surface area contributed by atoms with E-state index in [4.69, 9.17) is 0 Å². The fraction of sp³-hybridized carbons (Fsp3) is 0.286. The molecule has 0 unspecified atom stereocenters. The summed E-state index contributed by atoms with van der Waals surface area (Å²) in [6.07, 6.45) is 2.91. The van der Waals surface area contributed by atoms with Gasteiger partial charge < -0.3 is 15.2 Å². The fourth-order valence-electron chi connectivity index (χ4n) is 3.12. The Hall–Kier alpha value is -2.47. The molecule has 0 fully saturated rings. The molecule has 5 heteroatoms. The van der Waals surface area contributed by atoms with Gasteiger partial charge in [0.2, 0.25) is 0 Å². The Bertz CT molecular complexity index is 706. The Morgan fingerprint density at radius 3 is 1.96 bits per heavy atom. The monoisotopic (exact) mass is 351 g/mol. The van der Waals surface area contributed by atoms with Crippen LogP contribution >= 0.6 is 0 Å². The quantitative estimate of drug-likeness (QED) is 0.554. The number of hydrogen-bond donors (Lipinski definition) is 3. The maximum Gasteiger partial charge on any atom is 0.0969 e. The lowest BCUT2D eigenvalue weighted by Gasteiger charge is -2.32. The van der Waals surface area contributed by atoms with E-state index in [1.807, 2.05) is 36.4 Å². The predicted molar refractivity (Wildman–Crippen MR) is 101 cm³/mol. The van der Waals surface area contributed by atoms with Crippen molar-refractivity contribution in [3.63, 3.8) is 0 Å². The first kappa shape index (κ1) is 18.3. The third-order valence-corrected chi connectivity index (χ3v) is 4.56.